The molecule has 0 spiro atoms. The molecule has 1 N–H and O–H groups in total. The molecule has 1 aromatic carbocycles. The topological polar surface area (TPSA) is 33.1 Å². The molecule has 0 aliphatic carbocycles. The van der Waals surface area contributed by atoms with Crippen molar-refractivity contribution in [1.29, 1.82) is 5.41 Å². The minimum absolute atomic E-state index is 0.0733. The first-order valence-corrected chi connectivity index (χ1v) is 4.57. The predicted molar refractivity (Wildman–Crippen MR) is 54.9 cm³/mol. The molecule has 0 radical (unpaired) electrons. The summed E-state index contributed by atoms with van der Waals surface area (Å²) in [6.45, 7) is 2.27. The van der Waals surface area contributed by atoms with Gasteiger partial charge in [0.05, 0.1) is 17.2 Å². The van der Waals surface area contributed by atoms with Crippen LogP contribution in [0, 0.1) is 5.41 Å². The summed E-state index contributed by atoms with van der Waals surface area (Å²) in [5, 5.41) is 8.48. The molecule has 0 aliphatic heterocycles. The summed E-state index contributed by atoms with van der Waals surface area (Å²) in [4.78, 5) is 0. The zero-order valence-electron chi connectivity index (χ0n) is 7.10. The highest BCUT2D eigenvalue weighted by Crippen LogP contribution is 2.21. The van der Waals surface area contributed by atoms with E-state index >= 15 is 0 Å². The van der Waals surface area contributed by atoms with Gasteiger partial charge in [0.25, 0.3) is 0 Å². The van der Waals surface area contributed by atoms with Gasteiger partial charge >= 0.3 is 0 Å². The van der Waals surface area contributed by atoms with E-state index in [2.05, 4.69) is 0 Å². The molecule has 0 heterocycles. The van der Waals surface area contributed by atoms with Gasteiger partial charge in [0.15, 0.2) is 0 Å². The molecule has 0 saturated heterocycles. The first kappa shape index (κ1) is 10.4. The van der Waals surface area contributed by atoms with E-state index in [1.807, 2.05) is 6.92 Å². The molecule has 0 aliphatic rings. The smallest absolute Gasteiger partial charge is 0.214 e. The van der Waals surface area contributed by atoms with E-state index in [0.29, 0.717) is 22.2 Å². The zero-order valence-corrected chi connectivity index (χ0v) is 8.62. The molecule has 0 amide bonds. The van der Waals surface area contributed by atoms with Crippen molar-refractivity contribution in [3.8, 4) is 0 Å². The number of rotatable bonds is 2. The molecule has 1 rings (SSSR count). The van der Waals surface area contributed by atoms with Crippen LogP contribution in [0.25, 0.3) is 0 Å². The molecule has 0 aromatic heterocycles. The summed E-state index contributed by atoms with van der Waals surface area (Å²) < 4.78 is 5.00. The van der Waals surface area contributed by atoms with Gasteiger partial charge in [-0.1, -0.05) is 23.2 Å². The molecular formula is C9H9Cl2NO. The molecule has 1 aromatic rings. The van der Waals surface area contributed by atoms with Crippen molar-refractivity contribution in [2.45, 2.75) is 6.92 Å². The molecule has 4 heteroatoms. The minimum Gasteiger partial charge on any atom is -0.478 e. The number of benzene rings is 1. The van der Waals surface area contributed by atoms with Gasteiger partial charge in [0, 0.05) is 5.02 Å². The highest BCUT2D eigenvalue weighted by atomic mass is 35.5. The van der Waals surface area contributed by atoms with E-state index in [1.54, 1.807) is 18.2 Å². The van der Waals surface area contributed by atoms with E-state index in [9.17, 15) is 0 Å². The van der Waals surface area contributed by atoms with Crippen LogP contribution in [0.2, 0.25) is 10.0 Å². The Balaban J connectivity index is 2.95. The lowest BCUT2D eigenvalue weighted by molar-refractivity contribution is 0.325. The Morgan fingerprint density at radius 2 is 2.15 bits per heavy atom. The van der Waals surface area contributed by atoms with Crippen molar-refractivity contribution in [2.75, 3.05) is 6.61 Å². The zero-order chi connectivity index (χ0) is 9.84. The molecule has 0 saturated carbocycles. The SMILES string of the molecule is CCOC(=N)c1ccc(Cl)cc1Cl. The summed E-state index contributed by atoms with van der Waals surface area (Å²) in [6.07, 6.45) is 0. The fraction of sp³-hybridized carbons (Fsp3) is 0.222. The minimum atomic E-state index is 0.0733. The lowest BCUT2D eigenvalue weighted by Gasteiger charge is -2.06. The Hall–Kier alpha value is -0.730. The summed E-state index contributed by atoms with van der Waals surface area (Å²) in [5.74, 6) is 0.0733. The van der Waals surface area contributed by atoms with E-state index in [0.717, 1.165) is 0 Å². The van der Waals surface area contributed by atoms with E-state index in [4.69, 9.17) is 33.3 Å². The maximum absolute atomic E-state index is 7.49. The van der Waals surface area contributed by atoms with Crippen molar-refractivity contribution < 1.29 is 4.74 Å². The van der Waals surface area contributed by atoms with Gasteiger partial charge in [-0.3, -0.25) is 5.41 Å². The number of ether oxygens (including phenoxy) is 1. The summed E-state index contributed by atoms with van der Waals surface area (Å²) in [5.41, 5.74) is 0.563. The molecule has 0 fully saturated rings. The number of halogens is 2. The number of nitrogens with one attached hydrogen (secondary N) is 1. The maximum atomic E-state index is 7.49. The normalized spacial score (nSPS) is 9.77. The van der Waals surface area contributed by atoms with Gasteiger partial charge < -0.3 is 4.74 Å². The van der Waals surface area contributed by atoms with Crippen LogP contribution >= 0.6 is 23.2 Å². The van der Waals surface area contributed by atoms with Crippen molar-refractivity contribution in [2.24, 2.45) is 0 Å². The third-order valence-corrected chi connectivity index (χ3v) is 2.01. The van der Waals surface area contributed by atoms with Crippen LogP contribution < -0.4 is 0 Å². The van der Waals surface area contributed by atoms with Gasteiger partial charge in [-0.2, -0.15) is 0 Å². The highest BCUT2D eigenvalue weighted by Gasteiger charge is 2.07. The average molecular weight is 218 g/mol. The Labute approximate surface area is 86.9 Å². The molecule has 0 unspecified atom stereocenters. The Bertz CT molecular complexity index is 325. The van der Waals surface area contributed by atoms with Crippen molar-refractivity contribution in [3.63, 3.8) is 0 Å². The second kappa shape index (κ2) is 4.49. The van der Waals surface area contributed by atoms with E-state index < -0.39 is 0 Å². The Morgan fingerprint density at radius 3 is 2.69 bits per heavy atom. The highest BCUT2D eigenvalue weighted by molar-refractivity contribution is 6.36. The standard InChI is InChI=1S/C9H9Cl2NO/c1-2-13-9(12)7-4-3-6(10)5-8(7)11/h3-5,12H,2H2,1H3. The molecule has 0 bridgehead atoms. The Morgan fingerprint density at radius 1 is 1.46 bits per heavy atom. The molecule has 13 heavy (non-hydrogen) atoms. The van der Waals surface area contributed by atoms with Crippen LogP contribution in [0.4, 0.5) is 0 Å². The van der Waals surface area contributed by atoms with Gasteiger partial charge in [-0.15, -0.1) is 0 Å². The fourth-order valence-corrected chi connectivity index (χ4v) is 1.39. The van der Waals surface area contributed by atoms with Crippen LogP contribution in [0.15, 0.2) is 18.2 Å². The quantitative estimate of drug-likeness (QED) is 0.599. The first-order valence-electron chi connectivity index (χ1n) is 3.82. The second-order valence-corrected chi connectivity index (χ2v) is 3.23. The van der Waals surface area contributed by atoms with E-state index in [1.165, 1.54) is 0 Å². The van der Waals surface area contributed by atoms with Crippen molar-refractivity contribution >= 4 is 29.1 Å². The van der Waals surface area contributed by atoms with Gasteiger partial charge in [0.2, 0.25) is 5.90 Å². The average Bonchev–Trinajstić information content (AvgIpc) is 2.04. The molecule has 70 valence electrons. The summed E-state index contributed by atoms with van der Waals surface area (Å²) in [7, 11) is 0. The third-order valence-electron chi connectivity index (χ3n) is 1.46. The molecular weight excluding hydrogens is 209 g/mol. The summed E-state index contributed by atoms with van der Waals surface area (Å²) >= 11 is 11.6. The van der Waals surface area contributed by atoms with Gasteiger partial charge in [-0.25, -0.2) is 0 Å². The monoisotopic (exact) mass is 217 g/mol. The van der Waals surface area contributed by atoms with Gasteiger partial charge in [-0.05, 0) is 25.1 Å². The lowest BCUT2D eigenvalue weighted by atomic mass is 10.2. The number of hydrogen-bond donors (Lipinski definition) is 1. The van der Waals surface area contributed by atoms with Crippen LogP contribution in [-0.2, 0) is 4.74 Å². The van der Waals surface area contributed by atoms with Crippen LogP contribution in [0.5, 0.6) is 0 Å². The third kappa shape index (κ3) is 2.61. The van der Waals surface area contributed by atoms with Crippen LogP contribution in [0.3, 0.4) is 0 Å². The molecule has 2 nitrogen and oxygen atoms in total. The van der Waals surface area contributed by atoms with E-state index in [-0.39, 0.29) is 5.90 Å². The van der Waals surface area contributed by atoms with Crippen molar-refractivity contribution in [3.05, 3.63) is 33.8 Å². The van der Waals surface area contributed by atoms with Crippen molar-refractivity contribution in [1.82, 2.24) is 0 Å². The van der Waals surface area contributed by atoms with Crippen LogP contribution in [-0.4, -0.2) is 12.5 Å². The fourth-order valence-electron chi connectivity index (χ4n) is 0.896. The maximum Gasteiger partial charge on any atom is 0.214 e. The number of hydrogen-bond acceptors (Lipinski definition) is 2. The Kier molecular flexibility index (Phi) is 3.58. The second-order valence-electron chi connectivity index (χ2n) is 2.39. The molecule has 0 atom stereocenters. The largest absolute Gasteiger partial charge is 0.478 e. The summed E-state index contributed by atoms with van der Waals surface area (Å²) in [6, 6.07) is 4.94. The van der Waals surface area contributed by atoms with Gasteiger partial charge in [0.1, 0.15) is 0 Å². The van der Waals surface area contributed by atoms with Crippen LogP contribution in [0.1, 0.15) is 12.5 Å². The first-order chi connectivity index (χ1) is 6.15. The predicted octanol–water partition coefficient (Wildman–Crippen LogP) is 3.36. The lowest BCUT2D eigenvalue weighted by Crippen LogP contribution is -2.05.